The van der Waals surface area contributed by atoms with Gasteiger partial charge in [0.1, 0.15) is 17.9 Å². The lowest BCUT2D eigenvalue weighted by atomic mass is 10.0. The van der Waals surface area contributed by atoms with Crippen LogP contribution in [0.25, 0.3) is 11.0 Å². The van der Waals surface area contributed by atoms with E-state index in [2.05, 4.69) is 6.58 Å². The standard InChI is InChI=1S/C20H24O5/c1-6-23-18(21)10-8-16-13(4)15-7-9-17(24-11-12(2)3)14(5)19(15)25-20(16)22/h7,9H,2,6,8,10-11H2,1,3-5H3. The minimum atomic E-state index is -0.422. The van der Waals surface area contributed by atoms with Crippen LogP contribution in [0.2, 0.25) is 0 Å². The molecular weight excluding hydrogens is 320 g/mol. The second-order valence-corrected chi connectivity index (χ2v) is 6.11. The SMILES string of the molecule is C=C(C)COc1ccc2c(C)c(CCC(=O)OCC)c(=O)oc2c1C. The van der Waals surface area contributed by atoms with Gasteiger partial charge in [-0.3, -0.25) is 4.79 Å². The Labute approximate surface area is 147 Å². The van der Waals surface area contributed by atoms with E-state index in [1.807, 2.05) is 32.9 Å². The van der Waals surface area contributed by atoms with Crippen molar-refractivity contribution in [2.45, 2.75) is 40.5 Å². The first kappa shape index (κ1) is 18.8. The van der Waals surface area contributed by atoms with Crippen molar-refractivity contribution in [2.24, 2.45) is 0 Å². The molecule has 0 amide bonds. The van der Waals surface area contributed by atoms with E-state index in [0.717, 1.165) is 22.1 Å². The molecule has 0 bridgehead atoms. The number of hydrogen-bond acceptors (Lipinski definition) is 5. The Hall–Kier alpha value is -2.56. The van der Waals surface area contributed by atoms with Crippen LogP contribution in [0.5, 0.6) is 5.75 Å². The Morgan fingerprint density at radius 2 is 1.96 bits per heavy atom. The summed E-state index contributed by atoms with van der Waals surface area (Å²) in [6.45, 7) is 11.9. The molecule has 25 heavy (non-hydrogen) atoms. The Bertz CT molecular complexity index is 860. The molecule has 0 saturated heterocycles. The third kappa shape index (κ3) is 4.29. The zero-order chi connectivity index (χ0) is 18.6. The van der Waals surface area contributed by atoms with Gasteiger partial charge in [-0.1, -0.05) is 6.58 Å². The summed E-state index contributed by atoms with van der Waals surface area (Å²) >= 11 is 0. The zero-order valence-corrected chi connectivity index (χ0v) is 15.2. The molecule has 0 aliphatic carbocycles. The van der Waals surface area contributed by atoms with E-state index in [1.54, 1.807) is 6.92 Å². The topological polar surface area (TPSA) is 65.7 Å². The van der Waals surface area contributed by atoms with E-state index in [9.17, 15) is 9.59 Å². The van der Waals surface area contributed by atoms with Gasteiger partial charge in [-0.25, -0.2) is 4.79 Å². The molecule has 0 radical (unpaired) electrons. The highest BCUT2D eigenvalue weighted by molar-refractivity contribution is 5.85. The minimum Gasteiger partial charge on any atom is -0.489 e. The van der Waals surface area contributed by atoms with Crippen molar-refractivity contribution in [3.63, 3.8) is 0 Å². The van der Waals surface area contributed by atoms with E-state index in [0.29, 0.717) is 36.5 Å². The largest absolute Gasteiger partial charge is 0.489 e. The molecule has 1 heterocycles. The molecule has 1 aromatic heterocycles. The van der Waals surface area contributed by atoms with Gasteiger partial charge in [0.15, 0.2) is 0 Å². The Morgan fingerprint density at radius 1 is 1.24 bits per heavy atom. The van der Waals surface area contributed by atoms with Gasteiger partial charge in [0.25, 0.3) is 0 Å². The number of esters is 1. The lowest BCUT2D eigenvalue weighted by molar-refractivity contribution is -0.143. The Balaban J connectivity index is 2.39. The fraction of sp³-hybridized carbons (Fsp3) is 0.400. The summed E-state index contributed by atoms with van der Waals surface area (Å²) in [5, 5.41) is 0.846. The van der Waals surface area contributed by atoms with Crippen LogP contribution >= 0.6 is 0 Å². The maximum atomic E-state index is 12.4. The average Bonchev–Trinajstić information content (AvgIpc) is 2.55. The lowest BCUT2D eigenvalue weighted by Crippen LogP contribution is -2.14. The molecule has 5 nitrogen and oxygen atoms in total. The third-order valence-corrected chi connectivity index (χ3v) is 4.01. The van der Waals surface area contributed by atoms with Crippen molar-refractivity contribution in [3.8, 4) is 5.75 Å². The van der Waals surface area contributed by atoms with Gasteiger partial charge in [0.05, 0.1) is 6.61 Å². The fourth-order valence-corrected chi connectivity index (χ4v) is 2.68. The number of ether oxygens (including phenoxy) is 2. The van der Waals surface area contributed by atoms with E-state index >= 15 is 0 Å². The van der Waals surface area contributed by atoms with Crippen molar-refractivity contribution in [1.29, 1.82) is 0 Å². The monoisotopic (exact) mass is 344 g/mol. The second kappa shape index (κ2) is 8.01. The van der Waals surface area contributed by atoms with Gasteiger partial charge in [0.2, 0.25) is 0 Å². The molecule has 0 aliphatic rings. The maximum Gasteiger partial charge on any atom is 0.339 e. The van der Waals surface area contributed by atoms with Crippen molar-refractivity contribution >= 4 is 16.9 Å². The summed E-state index contributed by atoms with van der Waals surface area (Å²) < 4.78 is 16.2. The fourth-order valence-electron chi connectivity index (χ4n) is 2.68. The van der Waals surface area contributed by atoms with Crippen LogP contribution in [0, 0.1) is 13.8 Å². The van der Waals surface area contributed by atoms with Crippen LogP contribution in [0.3, 0.4) is 0 Å². The Morgan fingerprint density at radius 3 is 2.60 bits per heavy atom. The molecule has 0 N–H and O–H groups in total. The predicted molar refractivity (Wildman–Crippen MR) is 97.2 cm³/mol. The highest BCUT2D eigenvalue weighted by Crippen LogP contribution is 2.29. The Kier molecular flexibility index (Phi) is 6.02. The smallest absolute Gasteiger partial charge is 0.339 e. The van der Waals surface area contributed by atoms with Crippen LogP contribution in [-0.4, -0.2) is 19.2 Å². The molecule has 5 heteroatoms. The van der Waals surface area contributed by atoms with Crippen LogP contribution in [0.1, 0.15) is 37.0 Å². The summed E-state index contributed by atoms with van der Waals surface area (Å²) in [4.78, 5) is 23.9. The van der Waals surface area contributed by atoms with Crippen LogP contribution in [0.4, 0.5) is 0 Å². The summed E-state index contributed by atoms with van der Waals surface area (Å²) in [7, 11) is 0. The molecule has 2 aromatic rings. The molecule has 2 rings (SSSR count). The van der Waals surface area contributed by atoms with E-state index in [-0.39, 0.29) is 12.4 Å². The lowest BCUT2D eigenvalue weighted by Gasteiger charge is -2.13. The van der Waals surface area contributed by atoms with Gasteiger partial charge in [0, 0.05) is 22.9 Å². The molecule has 134 valence electrons. The number of aryl methyl sites for hydroxylation is 2. The summed E-state index contributed by atoms with van der Waals surface area (Å²) in [6, 6.07) is 3.74. The quantitative estimate of drug-likeness (QED) is 0.433. The molecular formula is C20H24O5. The number of rotatable bonds is 7. The van der Waals surface area contributed by atoms with Crippen molar-refractivity contribution < 1.29 is 18.7 Å². The van der Waals surface area contributed by atoms with Crippen LogP contribution in [0.15, 0.2) is 33.5 Å². The zero-order valence-electron chi connectivity index (χ0n) is 15.2. The normalized spacial score (nSPS) is 10.7. The second-order valence-electron chi connectivity index (χ2n) is 6.11. The van der Waals surface area contributed by atoms with Crippen molar-refractivity contribution in [1.82, 2.24) is 0 Å². The van der Waals surface area contributed by atoms with E-state index in [4.69, 9.17) is 13.9 Å². The molecule has 1 aromatic carbocycles. The predicted octanol–water partition coefficient (Wildman–Crippen LogP) is 3.86. The first-order valence-electron chi connectivity index (χ1n) is 8.33. The first-order valence-corrected chi connectivity index (χ1v) is 8.33. The highest BCUT2D eigenvalue weighted by Gasteiger charge is 2.16. The molecule has 0 atom stereocenters. The summed E-state index contributed by atoms with van der Waals surface area (Å²) in [5.74, 6) is 0.346. The van der Waals surface area contributed by atoms with E-state index < -0.39 is 5.63 Å². The molecule has 0 unspecified atom stereocenters. The summed E-state index contributed by atoms with van der Waals surface area (Å²) in [5.41, 5.74) is 3.11. The average molecular weight is 344 g/mol. The summed E-state index contributed by atoms with van der Waals surface area (Å²) in [6.07, 6.45) is 0.458. The van der Waals surface area contributed by atoms with E-state index in [1.165, 1.54) is 0 Å². The van der Waals surface area contributed by atoms with Gasteiger partial charge in [-0.05, 0) is 57.4 Å². The molecule has 0 spiro atoms. The molecule has 0 saturated carbocycles. The number of fused-ring (bicyclic) bond motifs is 1. The number of hydrogen-bond donors (Lipinski definition) is 0. The number of benzene rings is 1. The van der Waals surface area contributed by atoms with Crippen molar-refractivity contribution in [2.75, 3.05) is 13.2 Å². The maximum absolute atomic E-state index is 12.4. The highest BCUT2D eigenvalue weighted by atomic mass is 16.5. The number of carbonyl (C=O) groups excluding carboxylic acids is 1. The van der Waals surface area contributed by atoms with Crippen LogP contribution in [-0.2, 0) is 16.0 Å². The first-order chi connectivity index (χ1) is 11.8. The molecule has 0 aliphatic heterocycles. The molecule has 0 fully saturated rings. The van der Waals surface area contributed by atoms with Gasteiger partial charge in [-0.15, -0.1) is 0 Å². The third-order valence-electron chi connectivity index (χ3n) is 4.01. The van der Waals surface area contributed by atoms with Crippen LogP contribution < -0.4 is 10.4 Å². The van der Waals surface area contributed by atoms with Gasteiger partial charge < -0.3 is 13.9 Å². The van der Waals surface area contributed by atoms with Gasteiger partial charge in [-0.2, -0.15) is 0 Å². The number of carbonyl (C=O) groups is 1. The minimum absolute atomic E-state index is 0.156. The van der Waals surface area contributed by atoms with Crippen molar-refractivity contribution in [3.05, 3.63) is 51.4 Å². The van der Waals surface area contributed by atoms with Gasteiger partial charge >= 0.3 is 11.6 Å².